The van der Waals surface area contributed by atoms with E-state index in [1.165, 1.54) is 17.2 Å². The molecule has 12 N–H and O–H groups in total. The SMILES string of the molecule is CSCC[C@H](NC(=O)[C@@H](NC(=O)C(CC(=O)NO)CC(C)C)C(C)C)C(=O)NCC(=O)NCC(=O)N[C@@H](CCCCNC(=O)CCCC[C@@H]1SC[C@@H]2NC(=O)N[C@@H]21)C(N)=O. The minimum absolute atomic E-state index is 0.0422. The molecule has 0 aromatic rings. The summed E-state index contributed by atoms with van der Waals surface area (Å²) in [5, 5.41) is 30.7. The Morgan fingerprint density at radius 2 is 1.52 bits per heavy atom. The first-order valence-corrected chi connectivity index (χ1v) is 23.0. The maximum atomic E-state index is 13.4. The third-order valence-electron chi connectivity index (χ3n) is 10.0. The Kier molecular flexibility index (Phi) is 23.8. The summed E-state index contributed by atoms with van der Waals surface area (Å²) >= 11 is 3.27. The van der Waals surface area contributed by atoms with E-state index >= 15 is 0 Å². The zero-order chi connectivity index (χ0) is 44.8. The first-order chi connectivity index (χ1) is 28.4. The third kappa shape index (κ3) is 19.4. The summed E-state index contributed by atoms with van der Waals surface area (Å²) in [6.45, 7) is 6.53. The molecule has 2 aliphatic heterocycles. The van der Waals surface area contributed by atoms with Crippen LogP contribution in [-0.2, 0) is 38.4 Å². The first kappa shape index (κ1) is 51.8. The summed E-state index contributed by atoms with van der Waals surface area (Å²) in [5.74, 6) is -4.60. The number of primary amides is 1. The van der Waals surface area contributed by atoms with E-state index in [0.717, 1.165) is 25.0 Å². The van der Waals surface area contributed by atoms with Crippen LogP contribution in [0.2, 0.25) is 0 Å². The predicted octanol–water partition coefficient (Wildman–Crippen LogP) is -0.862. The van der Waals surface area contributed by atoms with Crippen molar-refractivity contribution >= 4 is 76.8 Å². The van der Waals surface area contributed by atoms with Gasteiger partial charge in [0.15, 0.2) is 0 Å². The van der Waals surface area contributed by atoms with Gasteiger partial charge in [0.25, 0.3) is 0 Å². The molecular weight excluding hydrogens is 821 g/mol. The first-order valence-electron chi connectivity index (χ1n) is 20.6. The Hall–Kier alpha value is -4.31. The van der Waals surface area contributed by atoms with Crippen molar-refractivity contribution in [3.63, 3.8) is 0 Å². The van der Waals surface area contributed by atoms with Gasteiger partial charge in [-0.25, -0.2) is 10.3 Å². The number of hydroxylamine groups is 1. The molecule has 20 nitrogen and oxygen atoms in total. The second-order valence-electron chi connectivity index (χ2n) is 15.9. The highest BCUT2D eigenvalue weighted by Gasteiger charge is 2.42. The number of urea groups is 1. The number of thioether (sulfide) groups is 2. The summed E-state index contributed by atoms with van der Waals surface area (Å²) in [5.41, 5.74) is 7.01. The molecule has 0 aromatic heterocycles. The Morgan fingerprint density at radius 1 is 0.800 bits per heavy atom. The molecule has 2 fully saturated rings. The van der Waals surface area contributed by atoms with Gasteiger partial charge in [-0.05, 0) is 68.8 Å². The molecule has 1 unspecified atom stereocenters. The molecular formula is C38H66N10O10S2. The second kappa shape index (κ2) is 27.5. The minimum Gasteiger partial charge on any atom is -0.368 e. The lowest BCUT2D eigenvalue weighted by atomic mass is 9.92. The molecule has 0 aromatic carbocycles. The molecule has 22 heteroatoms. The van der Waals surface area contributed by atoms with Gasteiger partial charge >= 0.3 is 6.03 Å². The summed E-state index contributed by atoms with van der Waals surface area (Å²) in [6, 6.07) is -2.92. The van der Waals surface area contributed by atoms with Crippen LogP contribution < -0.4 is 53.7 Å². The molecule has 340 valence electrons. The summed E-state index contributed by atoms with van der Waals surface area (Å²) in [7, 11) is 0. The maximum absolute atomic E-state index is 13.4. The third-order valence-corrected chi connectivity index (χ3v) is 12.2. The van der Waals surface area contributed by atoms with Crippen molar-refractivity contribution in [2.75, 3.05) is 37.4 Å². The molecule has 0 saturated carbocycles. The van der Waals surface area contributed by atoms with Gasteiger partial charge < -0.3 is 48.3 Å². The Bertz CT molecular complexity index is 1490. The minimum atomic E-state index is -1.06. The number of unbranched alkanes of at least 4 members (excludes halogenated alkanes) is 2. The van der Waals surface area contributed by atoms with Gasteiger partial charge in [-0.2, -0.15) is 23.5 Å². The predicted molar refractivity (Wildman–Crippen MR) is 227 cm³/mol. The van der Waals surface area contributed by atoms with Crippen LogP contribution in [0.4, 0.5) is 4.79 Å². The van der Waals surface area contributed by atoms with Gasteiger partial charge in [0.05, 0.1) is 25.2 Å². The fraction of sp³-hybridized carbons (Fsp3) is 0.763. The quantitative estimate of drug-likeness (QED) is 0.0189. The highest BCUT2D eigenvalue weighted by Crippen LogP contribution is 2.33. The van der Waals surface area contributed by atoms with Gasteiger partial charge in [0, 0.05) is 36.3 Å². The number of amides is 10. The van der Waals surface area contributed by atoms with E-state index in [1.807, 2.05) is 31.9 Å². The van der Waals surface area contributed by atoms with Crippen molar-refractivity contribution in [3.05, 3.63) is 0 Å². The van der Waals surface area contributed by atoms with Crippen LogP contribution in [0, 0.1) is 17.8 Å². The normalized spacial score (nSPS) is 18.8. The molecule has 10 amide bonds. The fourth-order valence-corrected chi connectivity index (χ4v) is 8.84. The standard InChI is InChI=1S/C38H66N10O10S2/c1-21(2)16-23(17-29(50)48-58)35(54)46-32(22(3)4)37(56)44-25(13-15-59-5)36(55)42-18-30(51)41-19-31(52)43-24(34(39)53)10-8-9-14-40-28(49)12-7-6-11-27-33-26(20-60-27)45-38(57)47-33/h21-27,32-33,58H,6-20H2,1-5H3,(H2,39,53)(H,40,49)(H,41,51)(H,42,55)(H,43,52)(H,44,56)(H,46,54)(H,48,50)(H2,45,47,57)/t23?,24-,25-,26-,27-,32-,33-/m0/s1. The van der Waals surface area contributed by atoms with Crippen LogP contribution in [0.1, 0.15) is 91.9 Å². The molecule has 2 rings (SSSR count). The van der Waals surface area contributed by atoms with Crippen molar-refractivity contribution in [3.8, 4) is 0 Å². The number of fused-ring (bicyclic) bond motifs is 1. The lowest BCUT2D eigenvalue weighted by Gasteiger charge is -2.27. The van der Waals surface area contributed by atoms with Crippen LogP contribution in [0.3, 0.4) is 0 Å². The van der Waals surface area contributed by atoms with Crippen molar-refractivity contribution in [1.82, 2.24) is 48.0 Å². The summed E-state index contributed by atoms with van der Waals surface area (Å²) < 4.78 is 0. The molecule has 7 atom stereocenters. The van der Waals surface area contributed by atoms with E-state index in [0.29, 0.717) is 43.2 Å². The van der Waals surface area contributed by atoms with Gasteiger partial charge in [-0.1, -0.05) is 34.1 Å². The second-order valence-corrected chi connectivity index (χ2v) is 18.1. The van der Waals surface area contributed by atoms with Crippen molar-refractivity contribution in [2.24, 2.45) is 23.5 Å². The van der Waals surface area contributed by atoms with Gasteiger partial charge in [-0.3, -0.25) is 43.6 Å². The largest absolute Gasteiger partial charge is 0.368 e. The maximum Gasteiger partial charge on any atom is 0.315 e. The van der Waals surface area contributed by atoms with E-state index in [2.05, 4.69) is 42.5 Å². The number of hydrogen-bond donors (Lipinski definition) is 11. The average molecular weight is 887 g/mol. The highest BCUT2D eigenvalue weighted by atomic mass is 32.2. The summed E-state index contributed by atoms with van der Waals surface area (Å²) in [6.07, 6.45) is 6.23. The van der Waals surface area contributed by atoms with Gasteiger partial charge in [0.1, 0.15) is 18.1 Å². The van der Waals surface area contributed by atoms with Gasteiger partial charge in [-0.15, -0.1) is 0 Å². The van der Waals surface area contributed by atoms with Crippen LogP contribution in [-0.4, -0.2) is 131 Å². The summed E-state index contributed by atoms with van der Waals surface area (Å²) in [4.78, 5) is 112. The zero-order valence-electron chi connectivity index (χ0n) is 35.3. The molecule has 0 bridgehead atoms. The van der Waals surface area contributed by atoms with Crippen LogP contribution >= 0.6 is 23.5 Å². The lowest BCUT2D eigenvalue weighted by molar-refractivity contribution is -0.137. The molecule has 60 heavy (non-hydrogen) atoms. The van der Waals surface area contributed by atoms with Crippen LogP contribution in [0.25, 0.3) is 0 Å². The lowest BCUT2D eigenvalue weighted by Crippen LogP contribution is -2.57. The molecule has 0 spiro atoms. The van der Waals surface area contributed by atoms with Crippen molar-refractivity contribution in [1.29, 1.82) is 0 Å². The number of carbonyl (C=O) groups excluding carboxylic acids is 9. The molecule has 2 heterocycles. The van der Waals surface area contributed by atoms with E-state index in [1.54, 1.807) is 13.8 Å². The molecule has 2 saturated heterocycles. The highest BCUT2D eigenvalue weighted by molar-refractivity contribution is 8.00. The topological polar surface area (TPSA) is 308 Å². The number of nitrogens with two attached hydrogens (primary N) is 1. The number of hydrogen-bond acceptors (Lipinski definition) is 12. The smallest absolute Gasteiger partial charge is 0.315 e. The van der Waals surface area contributed by atoms with Gasteiger partial charge in [0.2, 0.25) is 47.3 Å². The van der Waals surface area contributed by atoms with Crippen molar-refractivity contribution < 1.29 is 48.4 Å². The Balaban J connectivity index is 1.73. The molecule has 0 radical (unpaired) electrons. The van der Waals surface area contributed by atoms with E-state index in [-0.39, 0.29) is 49.2 Å². The number of nitrogens with one attached hydrogen (secondary N) is 9. The monoisotopic (exact) mass is 886 g/mol. The number of rotatable bonds is 29. The fourth-order valence-electron chi connectivity index (χ4n) is 6.82. The van der Waals surface area contributed by atoms with E-state index in [9.17, 15) is 43.2 Å². The van der Waals surface area contributed by atoms with Crippen LogP contribution in [0.5, 0.6) is 0 Å². The zero-order valence-corrected chi connectivity index (χ0v) is 37.0. The van der Waals surface area contributed by atoms with E-state index < -0.39 is 84.4 Å². The Labute approximate surface area is 360 Å². The van der Waals surface area contributed by atoms with E-state index in [4.69, 9.17) is 10.9 Å². The average Bonchev–Trinajstić information content (AvgIpc) is 3.75. The number of carbonyl (C=O) groups is 9. The molecule has 2 aliphatic rings. The Morgan fingerprint density at radius 3 is 2.17 bits per heavy atom. The van der Waals surface area contributed by atoms with Crippen LogP contribution in [0.15, 0.2) is 0 Å². The molecule has 0 aliphatic carbocycles. The van der Waals surface area contributed by atoms with Crippen molar-refractivity contribution in [2.45, 2.75) is 127 Å².